The Kier molecular flexibility index (Phi) is 4.17. The molecule has 72 valence electrons. The summed E-state index contributed by atoms with van der Waals surface area (Å²) in [6.07, 6.45) is 0. The molecule has 1 aromatic rings. The van der Waals surface area contributed by atoms with Crippen molar-refractivity contribution in [3.05, 3.63) is 5.28 Å². The number of halogens is 2. The number of anilines is 1. The van der Waals surface area contributed by atoms with Gasteiger partial charge in [0, 0.05) is 11.9 Å². The SMILES string of the molecule is COc1nc(Cl)nc(NCCBr)n1. The van der Waals surface area contributed by atoms with Crippen molar-refractivity contribution in [3.63, 3.8) is 0 Å². The molecular formula is C6H8BrClN4O. The van der Waals surface area contributed by atoms with Crippen molar-refractivity contribution in [1.82, 2.24) is 15.0 Å². The van der Waals surface area contributed by atoms with Crippen molar-refractivity contribution in [3.8, 4) is 6.01 Å². The van der Waals surface area contributed by atoms with E-state index in [0.717, 1.165) is 5.33 Å². The second kappa shape index (κ2) is 5.18. The van der Waals surface area contributed by atoms with E-state index in [-0.39, 0.29) is 11.3 Å². The molecule has 1 N–H and O–H groups in total. The van der Waals surface area contributed by atoms with Crippen molar-refractivity contribution in [2.24, 2.45) is 0 Å². The Hall–Kier alpha value is -0.620. The number of methoxy groups -OCH3 is 1. The third kappa shape index (κ3) is 3.31. The van der Waals surface area contributed by atoms with Crippen molar-refractivity contribution in [2.75, 3.05) is 24.3 Å². The standard InChI is InChI=1S/C6H8BrClN4O/c1-13-6-11-4(8)10-5(12-6)9-3-2-7/h2-3H2,1H3,(H,9,10,11,12). The van der Waals surface area contributed by atoms with Crippen LogP contribution in [0, 0.1) is 0 Å². The Morgan fingerprint density at radius 1 is 1.46 bits per heavy atom. The molecule has 0 amide bonds. The van der Waals surface area contributed by atoms with Crippen LogP contribution in [-0.2, 0) is 0 Å². The minimum atomic E-state index is 0.115. The van der Waals surface area contributed by atoms with Gasteiger partial charge in [0.25, 0.3) is 0 Å². The zero-order valence-corrected chi connectivity index (χ0v) is 9.26. The Morgan fingerprint density at radius 2 is 2.23 bits per heavy atom. The molecule has 0 radical (unpaired) electrons. The maximum absolute atomic E-state index is 5.61. The van der Waals surface area contributed by atoms with E-state index in [4.69, 9.17) is 16.3 Å². The minimum absolute atomic E-state index is 0.115. The summed E-state index contributed by atoms with van der Waals surface area (Å²) in [5.41, 5.74) is 0. The lowest BCUT2D eigenvalue weighted by atomic mass is 10.7. The van der Waals surface area contributed by atoms with Crippen molar-refractivity contribution >= 4 is 33.5 Å². The molecule has 0 aliphatic heterocycles. The third-order valence-corrected chi connectivity index (χ3v) is 1.71. The molecule has 5 nitrogen and oxygen atoms in total. The van der Waals surface area contributed by atoms with Crippen LogP contribution < -0.4 is 10.1 Å². The number of aromatic nitrogens is 3. The lowest BCUT2D eigenvalue weighted by molar-refractivity contribution is 0.379. The van der Waals surface area contributed by atoms with E-state index in [2.05, 4.69) is 36.2 Å². The molecule has 0 saturated heterocycles. The van der Waals surface area contributed by atoms with Crippen LogP contribution in [0.5, 0.6) is 6.01 Å². The van der Waals surface area contributed by atoms with Gasteiger partial charge in [-0.2, -0.15) is 15.0 Å². The fraction of sp³-hybridized carbons (Fsp3) is 0.500. The topological polar surface area (TPSA) is 59.9 Å². The first-order valence-corrected chi connectivity index (χ1v) is 5.01. The highest BCUT2D eigenvalue weighted by atomic mass is 79.9. The van der Waals surface area contributed by atoms with Crippen LogP contribution in [0.4, 0.5) is 5.95 Å². The van der Waals surface area contributed by atoms with Crippen LogP contribution in [0.3, 0.4) is 0 Å². The van der Waals surface area contributed by atoms with Gasteiger partial charge in [0.1, 0.15) is 0 Å². The first-order chi connectivity index (χ1) is 6.26. The lowest BCUT2D eigenvalue weighted by Crippen LogP contribution is -2.07. The van der Waals surface area contributed by atoms with Gasteiger partial charge in [-0.15, -0.1) is 0 Å². The number of nitrogens with one attached hydrogen (secondary N) is 1. The van der Waals surface area contributed by atoms with E-state index < -0.39 is 0 Å². The summed E-state index contributed by atoms with van der Waals surface area (Å²) in [7, 11) is 1.47. The Labute approximate surface area is 89.0 Å². The van der Waals surface area contributed by atoms with Crippen LogP contribution in [0.2, 0.25) is 5.28 Å². The van der Waals surface area contributed by atoms with Gasteiger partial charge in [-0.25, -0.2) is 0 Å². The quantitative estimate of drug-likeness (QED) is 0.834. The highest BCUT2D eigenvalue weighted by molar-refractivity contribution is 9.09. The summed E-state index contributed by atoms with van der Waals surface area (Å²) in [5, 5.41) is 3.86. The molecule has 0 unspecified atom stereocenters. The maximum atomic E-state index is 5.61. The van der Waals surface area contributed by atoms with Crippen molar-refractivity contribution in [2.45, 2.75) is 0 Å². The van der Waals surface area contributed by atoms with Crippen LogP contribution in [0.15, 0.2) is 0 Å². The molecule has 0 bridgehead atoms. The van der Waals surface area contributed by atoms with Gasteiger partial charge in [0.15, 0.2) is 0 Å². The highest BCUT2D eigenvalue weighted by Gasteiger charge is 2.03. The van der Waals surface area contributed by atoms with Gasteiger partial charge in [-0.05, 0) is 11.6 Å². The minimum Gasteiger partial charge on any atom is -0.467 e. The number of nitrogens with zero attached hydrogens (tertiary/aromatic N) is 3. The first-order valence-electron chi connectivity index (χ1n) is 3.51. The summed E-state index contributed by atoms with van der Waals surface area (Å²) < 4.78 is 4.82. The van der Waals surface area contributed by atoms with E-state index in [0.29, 0.717) is 12.5 Å². The fourth-order valence-corrected chi connectivity index (χ4v) is 1.01. The van der Waals surface area contributed by atoms with Crippen molar-refractivity contribution < 1.29 is 4.74 Å². The average Bonchev–Trinajstić information content (AvgIpc) is 2.14. The number of ether oxygens (including phenoxy) is 1. The fourth-order valence-electron chi connectivity index (χ4n) is 0.661. The molecule has 1 aromatic heterocycles. The van der Waals surface area contributed by atoms with Crippen LogP contribution in [-0.4, -0.2) is 33.9 Å². The van der Waals surface area contributed by atoms with E-state index in [1.54, 1.807) is 0 Å². The molecule has 0 saturated carbocycles. The molecule has 0 aliphatic carbocycles. The van der Waals surface area contributed by atoms with E-state index in [1.807, 2.05) is 0 Å². The average molecular weight is 268 g/mol. The summed E-state index contributed by atoms with van der Waals surface area (Å²) in [4.78, 5) is 11.5. The normalized spacial score (nSPS) is 9.77. The van der Waals surface area contributed by atoms with Gasteiger partial charge in [-0.3, -0.25) is 0 Å². The number of rotatable bonds is 4. The molecule has 13 heavy (non-hydrogen) atoms. The summed E-state index contributed by atoms with van der Waals surface area (Å²) in [6.45, 7) is 0.712. The largest absolute Gasteiger partial charge is 0.467 e. The van der Waals surface area contributed by atoms with E-state index in [9.17, 15) is 0 Å². The number of alkyl halides is 1. The molecular weight excluding hydrogens is 259 g/mol. The van der Waals surface area contributed by atoms with Gasteiger partial charge in [-0.1, -0.05) is 15.9 Å². The summed E-state index contributed by atoms with van der Waals surface area (Å²) in [5.74, 6) is 0.413. The predicted octanol–water partition coefficient (Wildman–Crippen LogP) is 1.34. The smallest absolute Gasteiger partial charge is 0.322 e. The summed E-state index contributed by atoms with van der Waals surface area (Å²) >= 11 is 8.88. The number of hydrogen-bond acceptors (Lipinski definition) is 5. The maximum Gasteiger partial charge on any atom is 0.322 e. The molecule has 1 rings (SSSR count). The Morgan fingerprint density at radius 3 is 2.85 bits per heavy atom. The van der Waals surface area contributed by atoms with Crippen LogP contribution in [0.25, 0.3) is 0 Å². The van der Waals surface area contributed by atoms with Crippen LogP contribution in [0.1, 0.15) is 0 Å². The van der Waals surface area contributed by atoms with Gasteiger partial charge in [0.2, 0.25) is 11.2 Å². The second-order valence-corrected chi connectivity index (χ2v) is 3.16. The Balaban J connectivity index is 2.76. The lowest BCUT2D eigenvalue weighted by Gasteiger charge is -2.03. The highest BCUT2D eigenvalue weighted by Crippen LogP contribution is 2.10. The molecule has 0 fully saturated rings. The Bertz CT molecular complexity index is 285. The van der Waals surface area contributed by atoms with Gasteiger partial charge in [0.05, 0.1) is 7.11 Å². The molecule has 0 aliphatic rings. The van der Waals surface area contributed by atoms with Crippen LogP contribution >= 0.6 is 27.5 Å². The van der Waals surface area contributed by atoms with Gasteiger partial charge < -0.3 is 10.1 Å². The third-order valence-electron chi connectivity index (χ3n) is 1.15. The van der Waals surface area contributed by atoms with Gasteiger partial charge >= 0.3 is 6.01 Å². The van der Waals surface area contributed by atoms with Crippen molar-refractivity contribution in [1.29, 1.82) is 0 Å². The molecule has 0 spiro atoms. The molecule has 7 heteroatoms. The molecule has 0 atom stereocenters. The van der Waals surface area contributed by atoms with E-state index >= 15 is 0 Å². The monoisotopic (exact) mass is 266 g/mol. The zero-order valence-electron chi connectivity index (χ0n) is 6.92. The predicted molar refractivity (Wildman–Crippen MR) is 53.7 cm³/mol. The zero-order chi connectivity index (χ0) is 9.68. The second-order valence-electron chi connectivity index (χ2n) is 2.03. The molecule has 0 aromatic carbocycles. The molecule has 1 heterocycles. The first kappa shape index (κ1) is 10.5. The summed E-state index contributed by atoms with van der Waals surface area (Å²) in [6, 6.07) is 0.206. The van der Waals surface area contributed by atoms with E-state index in [1.165, 1.54) is 7.11 Å². The number of hydrogen-bond donors (Lipinski definition) is 1.